The van der Waals surface area contributed by atoms with Crippen molar-refractivity contribution < 1.29 is 14.7 Å². The number of Topliss-reactive ketones (excluding diaryl/α,β-unsaturated/α-hetero) is 1. The third-order valence-electron chi connectivity index (χ3n) is 7.73. The van der Waals surface area contributed by atoms with Gasteiger partial charge in [-0.2, -0.15) is 0 Å². The van der Waals surface area contributed by atoms with Crippen molar-refractivity contribution in [1.29, 1.82) is 0 Å². The minimum atomic E-state index is -1.00. The van der Waals surface area contributed by atoms with Crippen molar-refractivity contribution in [3.63, 3.8) is 0 Å². The molecule has 188 valence electrons. The van der Waals surface area contributed by atoms with E-state index in [2.05, 4.69) is 4.90 Å². The molecular weight excluding hydrogens is 446 g/mol. The lowest BCUT2D eigenvalue weighted by Crippen LogP contribution is -2.44. The predicted molar refractivity (Wildman–Crippen MR) is 144 cm³/mol. The van der Waals surface area contributed by atoms with E-state index in [1.165, 1.54) is 0 Å². The van der Waals surface area contributed by atoms with Gasteiger partial charge in [-0.1, -0.05) is 84.9 Å². The first-order valence-electron chi connectivity index (χ1n) is 13.0. The number of aliphatic hydroxyl groups is 1. The zero-order valence-electron chi connectivity index (χ0n) is 21.4. The molecule has 4 nitrogen and oxygen atoms in total. The van der Waals surface area contributed by atoms with Crippen LogP contribution in [-0.2, 0) is 15.8 Å². The summed E-state index contributed by atoms with van der Waals surface area (Å²) < 4.78 is 0. The van der Waals surface area contributed by atoms with E-state index in [1.807, 2.05) is 98.8 Å². The van der Waals surface area contributed by atoms with Crippen LogP contribution in [0.5, 0.6) is 0 Å². The van der Waals surface area contributed by atoms with Gasteiger partial charge in [-0.25, -0.2) is 0 Å². The van der Waals surface area contributed by atoms with E-state index < -0.39 is 11.0 Å². The van der Waals surface area contributed by atoms with Crippen LogP contribution in [0.3, 0.4) is 0 Å². The number of rotatable bonds is 10. The molecule has 0 radical (unpaired) electrons. The highest BCUT2D eigenvalue weighted by Gasteiger charge is 2.41. The summed E-state index contributed by atoms with van der Waals surface area (Å²) in [7, 11) is 0. The summed E-state index contributed by atoms with van der Waals surface area (Å²) in [6.45, 7) is 6.46. The molecule has 0 saturated carbocycles. The van der Waals surface area contributed by atoms with Gasteiger partial charge in [0.05, 0.1) is 0 Å². The average Bonchev–Trinajstić information content (AvgIpc) is 2.94. The topological polar surface area (TPSA) is 57.6 Å². The van der Waals surface area contributed by atoms with Crippen LogP contribution in [0.15, 0.2) is 84.9 Å². The zero-order chi connectivity index (χ0) is 25.6. The van der Waals surface area contributed by atoms with Gasteiger partial charge in [0, 0.05) is 17.4 Å². The van der Waals surface area contributed by atoms with Crippen molar-refractivity contribution in [1.82, 2.24) is 4.90 Å². The Morgan fingerprint density at radius 2 is 1.39 bits per heavy atom. The van der Waals surface area contributed by atoms with E-state index in [0.29, 0.717) is 12.0 Å². The van der Waals surface area contributed by atoms with Crippen LogP contribution < -0.4 is 0 Å². The summed E-state index contributed by atoms with van der Waals surface area (Å²) in [4.78, 5) is 26.4. The van der Waals surface area contributed by atoms with Crippen LogP contribution in [0.4, 0.5) is 0 Å². The summed E-state index contributed by atoms with van der Waals surface area (Å²) >= 11 is 0. The van der Waals surface area contributed by atoms with Gasteiger partial charge in [-0.05, 0) is 75.4 Å². The first-order valence-corrected chi connectivity index (χ1v) is 13.0. The molecular formula is C32H37NO3. The lowest BCUT2D eigenvalue weighted by atomic mass is 9.72. The minimum absolute atomic E-state index is 0.134. The standard InChI is InChI=1S/C32H37NO3/c1-31(2,24-34)26-17-15-25(16-18-26)30(35)14-9-21-33-22-19-29(20-23-33)32(36,27-10-5-3-6-11-27)28-12-7-4-8-13-28/h3-8,10-13,15-18,24,29,36H,9,14,19-23H2,1-2H3. The van der Waals surface area contributed by atoms with E-state index in [0.717, 1.165) is 61.9 Å². The Bertz CT molecular complexity index is 1090. The highest BCUT2D eigenvalue weighted by molar-refractivity contribution is 5.96. The molecule has 0 atom stereocenters. The van der Waals surface area contributed by atoms with Crippen molar-refractivity contribution >= 4 is 12.1 Å². The number of carbonyl (C=O) groups excluding carboxylic acids is 2. The molecule has 1 aliphatic heterocycles. The molecule has 0 spiro atoms. The molecule has 0 bridgehead atoms. The van der Waals surface area contributed by atoms with Crippen LogP contribution in [0.25, 0.3) is 0 Å². The summed E-state index contributed by atoms with van der Waals surface area (Å²) in [5, 5.41) is 12.0. The normalized spacial score (nSPS) is 15.5. The molecule has 0 amide bonds. The zero-order valence-corrected chi connectivity index (χ0v) is 21.4. The van der Waals surface area contributed by atoms with Crippen LogP contribution in [0.2, 0.25) is 0 Å². The van der Waals surface area contributed by atoms with E-state index in [1.54, 1.807) is 0 Å². The third kappa shape index (κ3) is 5.66. The second kappa shape index (κ2) is 11.3. The monoisotopic (exact) mass is 483 g/mol. The fourth-order valence-corrected chi connectivity index (χ4v) is 5.36. The Balaban J connectivity index is 1.32. The molecule has 0 aliphatic carbocycles. The molecule has 4 rings (SSSR count). The van der Waals surface area contributed by atoms with Crippen LogP contribution in [0, 0.1) is 5.92 Å². The smallest absolute Gasteiger partial charge is 0.162 e. The van der Waals surface area contributed by atoms with Gasteiger partial charge in [-0.15, -0.1) is 0 Å². The molecule has 0 aromatic heterocycles. The van der Waals surface area contributed by atoms with Crippen LogP contribution in [-0.4, -0.2) is 41.7 Å². The SMILES string of the molecule is CC(C)(C=O)c1ccc(C(=O)CCCN2CCC(C(O)(c3ccccc3)c3ccccc3)CC2)cc1. The number of ketones is 1. The summed E-state index contributed by atoms with van der Waals surface area (Å²) in [6, 6.07) is 27.5. The Hall–Kier alpha value is -3.08. The maximum Gasteiger partial charge on any atom is 0.162 e. The van der Waals surface area contributed by atoms with Gasteiger partial charge in [-0.3, -0.25) is 4.79 Å². The molecule has 4 heteroatoms. The number of nitrogens with zero attached hydrogens (tertiary/aromatic N) is 1. The lowest BCUT2D eigenvalue weighted by molar-refractivity contribution is -0.111. The Morgan fingerprint density at radius 1 is 0.861 bits per heavy atom. The quantitative estimate of drug-likeness (QED) is 0.294. The maximum atomic E-state index is 12.7. The van der Waals surface area contributed by atoms with E-state index in [9.17, 15) is 14.7 Å². The predicted octanol–water partition coefficient (Wildman–Crippen LogP) is 5.77. The van der Waals surface area contributed by atoms with E-state index in [4.69, 9.17) is 0 Å². The van der Waals surface area contributed by atoms with E-state index in [-0.39, 0.29) is 11.7 Å². The van der Waals surface area contributed by atoms with Crippen molar-refractivity contribution in [3.05, 3.63) is 107 Å². The molecule has 1 aliphatic rings. The number of aldehydes is 1. The first kappa shape index (κ1) is 26.0. The second-order valence-electron chi connectivity index (χ2n) is 10.6. The molecule has 1 N–H and O–H groups in total. The molecule has 1 saturated heterocycles. The number of carbonyl (C=O) groups is 2. The Kier molecular flexibility index (Phi) is 8.17. The first-order chi connectivity index (χ1) is 17.3. The number of piperidine rings is 1. The highest BCUT2D eigenvalue weighted by Crippen LogP contribution is 2.41. The largest absolute Gasteiger partial charge is 0.380 e. The van der Waals surface area contributed by atoms with Gasteiger partial charge in [0.15, 0.2) is 5.78 Å². The van der Waals surface area contributed by atoms with Gasteiger partial charge < -0.3 is 14.8 Å². The van der Waals surface area contributed by atoms with Crippen molar-refractivity contribution in [2.24, 2.45) is 5.92 Å². The number of hydrogen-bond acceptors (Lipinski definition) is 4. The fourth-order valence-electron chi connectivity index (χ4n) is 5.36. The lowest BCUT2D eigenvalue weighted by Gasteiger charge is -2.42. The molecule has 1 heterocycles. The number of likely N-dealkylation sites (tertiary alicyclic amines) is 1. The van der Waals surface area contributed by atoms with Crippen molar-refractivity contribution in [3.8, 4) is 0 Å². The number of hydrogen-bond donors (Lipinski definition) is 1. The van der Waals surface area contributed by atoms with Crippen LogP contribution in [0.1, 0.15) is 66.6 Å². The van der Waals surface area contributed by atoms with Gasteiger partial charge in [0.1, 0.15) is 11.9 Å². The van der Waals surface area contributed by atoms with Crippen molar-refractivity contribution in [2.75, 3.05) is 19.6 Å². The summed E-state index contributed by atoms with van der Waals surface area (Å²) in [6.07, 6.45) is 4.07. The van der Waals surface area contributed by atoms with Gasteiger partial charge >= 0.3 is 0 Å². The van der Waals surface area contributed by atoms with Crippen LogP contribution >= 0.6 is 0 Å². The van der Waals surface area contributed by atoms with Gasteiger partial charge in [0.2, 0.25) is 0 Å². The summed E-state index contributed by atoms with van der Waals surface area (Å²) in [5.74, 6) is 0.275. The molecule has 0 unspecified atom stereocenters. The van der Waals surface area contributed by atoms with Gasteiger partial charge in [0.25, 0.3) is 0 Å². The maximum absolute atomic E-state index is 12.7. The third-order valence-corrected chi connectivity index (χ3v) is 7.73. The molecule has 3 aromatic carbocycles. The molecule has 3 aromatic rings. The van der Waals surface area contributed by atoms with E-state index >= 15 is 0 Å². The van der Waals surface area contributed by atoms with Crippen molar-refractivity contribution in [2.45, 2.75) is 50.5 Å². The second-order valence-corrected chi connectivity index (χ2v) is 10.6. The molecule has 1 fully saturated rings. The summed E-state index contributed by atoms with van der Waals surface area (Å²) in [5.41, 5.74) is 1.97. The Labute approximate surface area is 215 Å². The number of benzene rings is 3. The fraction of sp³-hybridized carbons (Fsp3) is 0.375. The highest BCUT2D eigenvalue weighted by atomic mass is 16.3. The minimum Gasteiger partial charge on any atom is -0.380 e. The Morgan fingerprint density at radius 3 is 1.89 bits per heavy atom. The average molecular weight is 484 g/mol. The molecule has 36 heavy (non-hydrogen) atoms.